The molecule has 32 heavy (non-hydrogen) atoms. The van der Waals surface area contributed by atoms with Crippen molar-refractivity contribution in [1.29, 1.82) is 0 Å². The number of hydrogen-bond acceptors (Lipinski definition) is 5. The smallest absolute Gasteiger partial charge is 0.348 e. The van der Waals surface area contributed by atoms with Crippen LogP contribution in [0.4, 0.5) is 5.69 Å². The molecule has 0 spiro atoms. The van der Waals surface area contributed by atoms with E-state index >= 15 is 0 Å². The summed E-state index contributed by atoms with van der Waals surface area (Å²) >= 11 is 1.11. The first-order valence-corrected chi connectivity index (χ1v) is 12.3. The van der Waals surface area contributed by atoms with Crippen molar-refractivity contribution in [3.63, 3.8) is 0 Å². The largest absolute Gasteiger partial charge is 0.477 e. The summed E-state index contributed by atoms with van der Waals surface area (Å²) in [6, 6.07) is 1.43. The maximum atomic E-state index is 13.8. The Morgan fingerprint density at radius 2 is 1.84 bits per heavy atom. The molecule has 1 aromatic rings. The zero-order valence-electron chi connectivity index (χ0n) is 19.7. The molecule has 1 amide bonds. The second kappa shape index (κ2) is 9.94. The monoisotopic (exact) mass is 461 g/mol. The molecule has 2 saturated carbocycles. The number of hydrogen-bond donors (Lipinski definition) is 2. The maximum Gasteiger partial charge on any atom is 0.348 e. The number of carbonyl (C=O) groups excluding carboxylic acids is 1. The summed E-state index contributed by atoms with van der Waals surface area (Å²) in [5.41, 5.74) is 0.182. The van der Waals surface area contributed by atoms with Gasteiger partial charge in [-0.1, -0.05) is 18.8 Å². The molecule has 0 bridgehead atoms. The highest BCUT2D eigenvalue weighted by Crippen LogP contribution is 2.39. The number of carboxylic acids is 1. The van der Waals surface area contributed by atoms with Crippen LogP contribution in [0.1, 0.15) is 80.8 Å². The van der Waals surface area contributed by atoms with Gasteiger partial charge in [-0.25, -0.2) is 4.79 Å². The molecule has 0 aliphatic heterocycles. The predicted octanol–water partition coefficient (Wildman–Crippen LogP) is 4.54. The number of aliphatic hydroxyl groups is 1. The molecular weight excluding hydrogens is 426 g/mol. The van der Waals surface area contributed by atoms with Crippen molar-refractivity contribution in [1.82, 2.24) is 0 Å². The van der Waals surface area contributed by atoms with E-state index in [1.165, 1.54) is 0 Å². The first-order valence-electron chi connectivity index (χ1n) is 11.4. The van der Waals surface area contributed by atoms with Gasteiger partial charge in [-0.3, -0.25) is 4.79 Å². The quantitative estimate of drug-likeness (QED) is 0.629. The normalized spacial score (nSPS) is 28.1. The fourth-order valence-corrected chi connectivity index (χ4v) is 5.48. The lowest BCUT2D eigenvalue weighted by atomic mass is 9.82. The molecule has 2 aliphatic carbocycles. The lowest BCUT2D eigenvalue weighted by molar-refractivity contribution is -0.124. The molecule has 3 atom stereocenters. The Morgan fingerprint density at radius 1 is 1.19 bits per heavy atom. The van der Waals surface area contributed by atoms with Crippen LogP contribution in [-0.2, 0) is 9.53 Å². The van der Waals surface area contributed by atoms with Gasteiger partial charge in [-0.05, 0) is 71.3 Å². The van der Waals surface area contributed by atoms with E-state index in [4.69, 9.17) is 4.74 Å². The summed E-state index contributed by atoms with van der Waals surface area (Å²) in [6.07, 6.45) is 3.40. The number of nitrogens with zero attached hydrogens (tertiary/aromatic N) is 1. The van der Waals surface area contributed by atoms with E-state index in [2.05, 4.69) is 18.8 Å². The number of rotatable bonds is 5. The fraction of sp³-hybridized carbons (Fsp3) is 0.680. The van der Waals surface area contributed by atoms with Crippen LogP contribution in [0, 0.1) is 29.1 Å². The summed E-state index contributed by atoms with van der Waals surface area (Å²) in [4.78, 5) is 28.3. The number of carbonyl (C=O) groups is 2. The number of thiophene rings is 1. The molecule has 0 radical (unpaired) electrons. The summed E-state index contributed by atoms with van der Waals surface area (Å²) in [5.74, 6) is 5.61. The second-order valence-electron chi connectivity index (χ2n) is 10.3. The van der Waals surface area contributed by atoms with Crippen molar-refractivity contribution in [3.8, 4) is 11.8 Å². The van der Waals surface area contributed by atoms with Gasteiger partial charge in [0.15, 0.2) is 0 Å². The van der Waals surface area contributed by atoms with E-state index in [1.807, 2.05) is 20.8 Å². The van der Waals surface area contributed by atoms with Crippen LogP contribution in [0.5, 0.6) is 0 Å². The number of methoxy groups -OCH3 is 1. The van der Waals surface area contributed by atoms with E-state index in [0.29, 0.717) is 29.3 Å². The minimum absolute atomic E-state index is 0.0403. The number of aliphatic hydroxyl groups excluding tert-OH is 1. The van der Waals surface area contributed by atoms with Crippen LogP contribution in [-0.4, -0.2) is 47.4 Å². The first kappa shape index (κ1) is 24.8. The summed E-state index contributed by atoms with van der Waals surface area (Å²) < 4.78 is 5.41. The minimum Gasteiger partial charge on any atom is -0.477 e. The van der Waals surface area contributed by atoms with Crippen LogP contribution >= 0.6 is 11.3 Å². The molecule has 3 rings (SSSR count). The molecule has 1 aromatic heterocycles. The topological polar surface area (TPSA) is 87.1 Å². The second-order valence-corrected chi connectivity index (χ2v) is 11.3. The van der Waals surface area contributed by atoms with Gasteiger partial charge in [0.2, 0.25) is 5.91 Å². The van der Waals surface area contributed by atoms with Crippen LogP contribution in [0.3, 0.4) is 0 Å². The van der Waals surface area contributed by atoms with Gasteiger partial charge in [0, 0.05) is 24.5 Å². The Kier molecular flexibility index (Phi) is 7.69. The van der Waals surface area contributed by atoms with Gasteiger partial charge >= 0.3 is 5.97 Å². The zero-order chi connectivity index (χ0) is 23.6. The van der Waals surface area contributed by atoms with E-state index < -0.39 is 12.1 Å². The lowest BCUT2D eigenvalue weighted by Gasteiger charge is -2.34. The highest BCUT2D eigenvalue weighted by molar-refractivity contribution is 7.15. The molecule has 176 valence electrons. The molecule has 2 N–H and O–H groups in total. The zero-order valence-corrected chi connectivity index (χ0v) is 20.5. The number of anilines is 1. The highest BCUT2D eigenvalue weighted by Gasteiger charge is 2.42. The number of ether oxygens (including phenoxy) is 1. The molecule has 1 heterocycles. The SMILES string of the molecule is COC1CC(N(c2cc(C#CC(C)(C)C)sc2C(=O)O)C(=O)[C@H]2CC[C@H](C)CC2)CC1O. The van der Waals surface area contributed by atoms with E-state index in [0.717, 1.165) is 37.0 Å². The van der Waals surface area contributed by atoms with Crippen molar-refractivity contribution in [3.05, 3.63) is 15.8 Å². The Bertz CT molecular complexity index is 898. The average Bonchev–Trinajstić information content (AvgIpc) is 3.30. The third-order valence-electron chi connectivity index (χ3n) is 6.44. The Morgan fingerprint density at radius 3 is 2.38 bits per heavy atom. The van der Waals surface area contributed by atoms with E-state index in [1.54, 1.807) is 18.1 Å². The predicted molar refractivity (Wildman–Crippen MR) is 126 cm³/mol. The number of aromatic carboxylic acids is 1. The average molecular weight is 462 g/mol. The van der Waals surface area contributed by atoms with Crippen LogP contribution in [0.15, 0.2) is 6.07 Å². The van der Waals surface area contributed by atoms with Crippen molar-refractivity contribution in [2.75, 3.05) is 12.0 Å². The molecule has 3 unspecified atom stereocenters. The third-order valence-corrected chi connectivity index (χ3v) is 7.47. The van der Waals surface area contributed by atoms with Gasteiger partial charge in [0.1, 0.15) is 4.88 Å². The molecule has 0 aromatic carbocycles. The molecule has 2 aliphatic rings. The Balaban J connectivity index is 2.02. The molecule has 6 nitrogen and oxygen atoms in total. The van der Waals surface area contributed by atoms with Crippen molar-refractivity contribution >= 4 is 28.9 Å². The summed E-state index contributed by atoms with van der Waals surface area (Å²) in [6.45, 7) is 8.20. The Labute approximate surface area is 195 Å². The minimum atomic E-state index is -1.06. The highest BCUT2D eigenvalue weighted by atomic mass is 32.1. The van der Waals surface area contributed by atoms with Crippen LogP contribution < -0.4 is 4.90 Å². The Hall–Kier alpha value is -1.88. The molecule has 2 fully saturated rings. The van der Waals surface area contributed by atoms with Gasteiger partial charge in [-0.15, -0.1) is 11.3 Å². The lowest BCUT2D eigenvalue weighted by Crippen LogP contribution is -2.44. The van der Waals surface area contributed by atoms with E-state index in [-0.39, 0.29) is 34.3 Å². The van der Waals surface area contributed by atoms with Gasteiger partial charge in [-0.2, -0.15) is 0 Å². The van der Waals surface area contributed by atoms with Gasteiger partial charge in [0.05, 0.1) is 22.8 Å². The standard InChI is InChI=1S/C25H35NO5S/c1-15-6-8-16(9-7-15)23(28)26(17-12-20(27)21(13-17)31-5)19-14-18(10-11-25(2,3)4)32-22(19)24(29)30/h14-17,20-21,27H,6-9,12-13H2,1-5H3,(H,29,30)/t15-,16-,17?,20?,21?. The number of carboxylic acid groups (broad SMARTS) is 1. The van der Waals surface area contributed by atoms with Gasteiger partial charge in [0.25, 0.3) is 0 Å². The molecule has 7 heteroatoms. The van der Waals surface area contributed by atoms with Gasteiger partial charge < -0.3 is 19.8 Å². The fourth-order valence-electron chi connectivity index (χ4n) is 4.64. The molecular formula is C25H35NO5S. The van der Waals surface area contributed by atoms with E-state index in [9.17, 15) is 19.8 Å². The van der Waals surface area contributed by atoms with Crippen molar-refractivity contribution in [2.24, 2.45) is 17.3 Å². The third kappa shape index (κ3) is 5.72. The van der Waals surface area contributed by atoms with Crippen molar-refractivity contribution in [2.45, 2.75) is 84.5 Å². The molecule has 0 saturated heterocycles. The number of amides is 1. The maximum absolute atomic E-state index is 13.8. The summed E-state index contributed by atoms with van der Waals surface area (Å²) in [5, 5.41) is 20.4. The van der Waals surface area contributed by atoms with Crippen LogP contribution in [0.2, 0.25) is 0 Å². The first-order chi connectivity index (χ1) is 15.0. The van der Waals surface area contributed by atoms with Crippen LogP contribution in [0.25, 0.3) is 0 Å². The summed E-state index contributed by atoms with van der Waals surface area (Å²) in [7, 11) is 1.55. The van der Waals surface area contributed by atoms with Crippen molar-refractivity contribution < 1.29 is 24.5 Å².